The lowest BCUT2D eigenvalue weighted by Gasteiger charge is -2.02. The van der Waals surface area contributed by atoms with Gasteiger partial charge in [0.05, 0.1) is 17.3 Å². The van der Waals surface area contributed by atoms with Crippen LogP contribution in [-0.2, 0) is 4.74 Å². The van der Waals surface area contributed by atoms with Crippen molar-refractivity contribution in [3.05, 3.63) is 38.6 Å². The van der Waals surface area contributed by atoms with Gasteiger partial charge >= 0.3 is 0 Å². The first-order valence-corrected chi connectivity index (χ1v) is 7.66. The number of aromatic nitrogens is 1. The number of ether oxygens (including phenoxy) is 1. The van der Waals surface area contributed by atoms with Crippen LogP contribution in [0.15, 0.2) is 28.7 Å². The molecule has 1 fully saturated rings. The van der Waals surface area contributed by atoms with Crippen molar-refractivity contribution in [2.45, 2.75) is 19.3 Å². The summed E-state index contributed by atoms with van der Waals surface area (Å²) in [5, 5.41) is 1.22. The summed E-state index contributed by atoms with van der Waals surface area (Å²) in [5.74, 6) is 0.491. The van der Waals surface area contributed by atoms with Crippen LogP contribution < -0.4 is 0 Å². The van der Waals surface area contributed by atoms with E-state index in [1.165, 1.54) is 15.4 Å². The highest BCUT2D eigenvalue weighted by Gasteiger charge is 2.23. The van der Waals surface area contributed by atoms with Crippen LogP contribution >= 0.6 is 27.3 Å². The summed E-state index contributed by atoms with van der Waals surface area (Å²) in [6.07, 6.45) is 1.10. The van der Waals surface area contributed by atoms with Gasteiger partial charge in [-0.3, -0.25) is 0 Å². The summed E-state index contributed by atoms with van der Waals surface area (Å²) in [5.41, 5.74) is 2.28. The average Bonchev–Trinajstić information content (AvgIpc) is 2.99. The van der Waals surface area contributed by atoms with E-state index in [1.54, 1.807) is 11.3 Å². The zero-order valence-electron chi connectivity index (χ0n) is 10.1. The third-order valence-corrected chi connectivity index (χ3v) is 5.05. The molecule has 0 saturated carbocycles. The molecule has 0 N–H and O–H groups in total. The van der Waals surface area contributed by atoms with Gasteiger partial charge in [0.1, 0.15) is 0 Å². The number of halogens is 1. The topological polar surface area (TPSA) is 22.1 Å². The molecule has 94 valence electrons. The molecular weight excluding hydrogens is 310 g/mol. The van der Waals surface area contributed by atoms with Crippen molar-refractivity contribution < 1.29 is 4.74 Å². The maximum atomic E-state index is 5.45. The van der Waals surface area contributed by atoms with Crippen LogP contribution in [-0.4, -0.2) is 18.2 Å². The van der Waals surface area contributed by atoms with Crippen molar-refractivity contribution in [3.8, 4) is 11.3 Å². The second kappa shape index (κ2) is 5.11. The average molecular weight is 324 g/mol. The van der Waals surface area contributed by atoms with E-state index in [1.807, 2.05) is 6.07 Å². The number of hydrogen-bond donors (Lipinski definition) is 0. The Labute approximate surface area is 119 Å². The van der Waals surface area contributed by atoms with Crippen LogP contribution in [0.3, 0.4) is 0 Å². The predicted octanol–water partition coefficient (Wildman–Crippen LogP) is 4.38. The van der Waals surface area contributed by atoms with E-state index in [0.717, 1.165) is 29.8 Å². The number of benzene rings is 1. The minimum atomic E-state index is 0.491. The van der Waals surface area contributed by atoms with Crippen LogP contribution in [0.25, 0.3) is 11.3 Å². The highest BCUT2D eigenvalue weighted by atomic mass is 79.9. The Morgan fingerprint density at radius 2 is 2.22 bits per heavy atom. The van der Waals surface area contributed by atoms with E-state index in [4.69, 9.17) is 9.72 Å². The predicted molar refractivity (Wildman–Crippen MR) is 78.2 cm³/mol. The van der Waals surface area contributed by atoms with Gasteiger partial charge in [-0.05, 0) is 19.4 Å². The molecule has 1 aromatic heterocycles. The Morgan fingerprint density at radius 1 is 1.39 bits per heavy atom. The van der Waals surface area contributed by atoms with E-state index >= 15 is 0 Å². The summed E-state index contributed by atoms with van der Waals surface area (Å²) in [6, 6.07) is 8.26. The van der Waals surface area contributed by atoms with Crippen LogP contribution in [0.4, 0.5) is 0 Å². The van der Waals surface area contributed by atoms with Gasteiger partial charge in [0.15, 0.2) is 0 Å². The van der Waals surface area contributed by atoms with Gasteiger partial charge < -0.3 is 4.74 Å². The second-order valence-corrected chi connectivity index (χ2v) is 6.59. The molecule has 1 aliphatic heterocycles. The quantitative estimate of drug-likeness (QED) is 0.818. The van der Waals surface area contributed by atoms with Crippen LogP contribution in [0.1, 0.15) is 22.2 Å². The van der Waals surface area contributed by atoms with Gasteiger partial charge in [-0.2, -0.15) is 0 Å². The molecule has 3 rings (SSSR count). The van der Waals surface area contributed by atoms with Crippen molar-refractivity contribution in [1.29, 1.82) is 0 Å². The molecule has 1 aliphatic rings. The third kappa shape index (κ3) is 2.25. The minimum absolute atomic E-state index is 0.491. The van der Waals surface area contributed by atoms with Crippen molar-refractivity contribution in [2.75, 3.05) is 13.2 Å². The molecule has 2 nitrogen and oxygen atoms in total. The summed E-state index contributed by atoms with van der Waals surface area (Å²) in [4.78, 5) is 6.11. The molecule has 2 heterocycles. The highest BCUT2D eigenvalue weighted by Crippen LogP contribution is 2.36. The molecule has 0 radical (unpaired) electrons. The summed E-state index contributed by atoms with van der Waals surface area (Å²) < 4.78 is 6.55. The molecule has 0 spiro atoms. The molecule has 1 unspecified atom stereocenters. The standard InChI is InChI=1S/C14H14BrNOS/c1-9-13(11-4-2-3-5-12(11)15)16-14(18-9)10-6-7-17-8-10/h2-5,10H,6-8H2,1H3. The van der Waals surface area contributed by atoms with Crippen molar-refractivity contribution in [1.82, 2.24) is 4.98 Å². The lowest BCUT2D eigenvalue weighted by atomic mass is 10.1. The van der Waals surface area contributed by atoms with E-state index in [-0.39, 0.29) is 0 Å². The van der Waals surface area contributed by atoms with Crippen molar-refractivity contribution >= 4 is 27.3 Å². The van der Waals surface area contributed by atoms with Gasteiger partial charge in [-0.15, -0.1) is 11.3 Å². The van der Waals surface area contributed by atoms with Crippen molar-refractivity contribution in [3.63, 3.8) is 0 Å². The molecular formula is C14H14BrNOS. The summed E-state index contributed by atoms with van der Waals surface area (Å²) in [6.45, 7) is 3.84. The van der Waals surface area contributed by atoms with Gasteiger partial charge in [-0.1, -0.05) is 34.1 Å². The summed E-state index contributed by atoms with van der Waals surface area (Å²) in [7, 11) is 0. The first-order valence-electron chi connectivity index (χ1n) is 6.05. The maximum absolute atomic E-state index is 5.45. The third-order valence-electron chi connectivity index (χ3n) is 3.22. The first kappa shape index (κ1) is 12.3. The number of thiazole rings is 1. The maximum Gasteiger partial charge on any atom is 0.0990 e. The Bertz CT molecular complexity index is 561. The normalized spacial score (nSPS) is 19.3. The fourth-order valence-corrected chi connectivity index (χ4v) is 3.75. The van der Waals surface area contributed by atoms with Crippen LogP contribution in [0.2, 0.25) is 0 Å². The number of aryl methyl sites for hydroxylation is 1. The highest BCUT2D eigenvalue weighted by molar-refractivity contribution is 9.10. The number of nitrogens with zero attached hydrogens (tertiary/aromatic N) is 1. The molecule has 0 amide bonds. The van der Waals surface area contributed by atoms with Gasteiger partial charge in [0.25, 0.3) is 0 Å². The molecule has 0 aliphatic carbocycles. The van der Waals surface area contributed by atoms with Gasteiger partial charge in [-0.25, -0.2) is 4.98 Å². The summed E-state index contributed by atoms with van der Waals surface area (Å²) >= 11 is 5.40. The van der Waals surface area contributed by atoms with E-state index < -0.39 is 0 Å². The van der Waals surface area contributed by atoms with E-state index in [0.29, 0.717) is 5.92 Å². The molecule has 18 heavy (non-hydrogen) atoms. The second-order valence-electron chi connectivity index (χ2n) is 4.50. The smallest absolute Gasteiger partial charge is 0.0990 e. The largest absolute Gasteiger partial charge is 0.381 e. The monoisotopic (exact) mass is 323 g/mol. The Kier molecular flexibility index (Phi) is 3.50. The lowest BCUT2D eigenvalue weighted by Crippen LogP contribution is -1.96. The number of hydrogen-bond acceptors (Lipinski definition) is 3. The zero-order chi connectivity index (χ0) is 12.5. The number of rotatable bonds is 2. The molecule has 0 bridgehead atoms. The Morgan fingerprint density at radius 3 is 2.94 bits per heavy atom. The minimum Gasteiger partial charge on any atom is -0.381 e. The molecule has 1 aromatic carbocycles. The SMILES string of the molecule is Cc1sc(C2CCOC2)nc1-c1ccccc1Br. The zero-order valence-corrected chi connectivity index (χ0v) is 12.6. The molecule has 2 aromatic rings. The van der Waals surface area contributed by atoms with Crippen LogP contribution in [0.5, 0.6) is 0 Å². The lowest BCUT2D eigenvalue weighted by molar-refractivity contribution is 0.194. The molecule has 1 saturated heterocycles. The Hall–Kier alpha value is -0.710. The van der Waals surface area contributed by atoms with Gasteiger partial charge in [0.2, 0.25) is 0 Å². The van der Waals surface area contributed by atoms with Gasteiger partial charge in [0, 0.05) is 27.4 Å². The van der Waals surface area contributed by atoms with E-state index in [9.17, 15) is 0 Å². The molecule has 1 atom stereocenters. The van der Waals surface area contributed by atoms with Crippen LogP contribution in [0, 0.1) is 6.92 Å². The fourth-order valence-electron chi connectivity index (χ4n) is 2.22. The van der Waals surface area contributed by atoms with Crippen molar-refractivity contribution in [2.24, 2.45) is 0 Å². The fraction of sp³-hybridized carbons (Fsp3) is 0.357. The first-order chi connectivity index (χ1) is 8.75. The van der Waals surface area contributed by atoms with E-state index in [2.05, 4.69) is 41.1 Å². The molecule has 4 heteroatoms. The Balaban J connectivity index is 2.00.